The van der Waals surface area contributed by atoms with Crippen LogP contribution in [0.5, 0.6) is 0 Å². The van der Waals surface area contributed by atoms with Gasteiger partial charge in [0.05, 0.1) is 10.3 Å². The molecule has 1 amide bonds. The highest BCUT2D eigenvalue weighted by Gasteiger charge is 2.41. The molecule has 0 saturated carbocycles. The Labute approximate surface area is 161 Å². The summed E-state index contributed by atoms with van der Waals surface area (Å²) >= 11 is 0. The third-order valence-corrected chi connectivity index (χ3v) is 7.15. The summed E-state index contributed by atoms with van der Waals surface area (Å²) < 4.78 is 27.3. The Kier molecular flexibility index (Phi) is 5.67. The van der Waals surface area contributed by atoms with Gasteiger partial charge in [0.2, 0.25) is 15.9 Å². The Morgan fingerprint density at radius 3 is 2.48 bits per heavy atom. The number of hydrogen-bond acceptors (Lipinski definition) is 3. The molecule has 1 aliphatic rings. The molecule has 2 aromatic carbocycles. The van der Waals surface area contributed by atoms with E-state index in [1.165, 1.54) is 4.31 Å². The lowest BCUT2D eigenvalue weighted by Crippen LogP contribution is -2.51. The number of rotatable bonds is 5. The molecule has 5 nitrogen and oxygen atoms in total. The van der Waals surface area contributed by atoms with Gasteiger partial charge in [-0.3, -0.25) is 4.79 Å². The summed E-state index contributed by atoms with van der Waals surface area (Å²) in [5, 5.41) is 3.00. The van der Waals surface area contributed by atoms with Crippen molar-refractivity contribution in [3.8, 4) is 0 Å². The first-order valence-corrected chi connectivity index (χ1v) is 10.6. The lowest BCUT2D eigenvalue weighted by molar-refractivity contribution is -0.132. The largest absolute Gasteiger partial charge is 0.352 e. The van der Waals surface area contributed by atoms with Gasteiger partial charge in [-0.25, -0.2) is 8.42 Å². The van der Waals surface area contributed by atoms with Crippen LogP contribution in [0.2, 0.25) is 0 Å². The van der Waals surface area contributed by atoms with Crippen LogP contribution in [0, 0.1) is 12.3 Å². The molecule has 1 saturated heterocycles. The van der Waals surface area contributed by atoms with Crippen molar-refractivity contribution >= 4 is 15.9 Å². The van der Waals surface area contributed by atoms with E-state index in [0.29, 0.717) is 25.9 Å². The minimum atomic E-state index is -3.59. The molecule has 0 aromatic heterocycles. The first kappa shape index (κ1) is 19.6. The second-order valence-corrected chi connectivity index (χ2v) is 9.36. The van der Waals surface area contributed by atoms with Crippen LogP contribution < -0.4 is 5.32 Å². The topological polar surface area (TPSA) is 66.5 Å². The average Bonchev–Trinajstić information content (AvgIpc) is 2.68. The molecule has 6 heteroatoms. The number of carbonyl (C=O) groups excluding carboxylic acids is 1. The average molecular weight is 387 g/mol. The summed E-state index contributed by atoms with van der Waals surface area (Å²) in [5.41, 5.74) is 1.46. The van der Waals surface area contributed by atoms with Crippen LogP contribution >= 0.6 is 0 Å². The van der Waals surface area contributed by atoms with Gasteiger partial charge in [0, 0.05) is 19.6 Å². The molecule has 0 spiro atoms. The molecule has 2 aromatic rings. The van der Waals surface area contributed by atoms with E-state index in [1.807, 2.05) is 38.1 Å². The molecular formula is C21H26N2O3S. The van der Waals surface area contributed by atoms with Gasteiger partial charge in [0.1, 0.15) is 0 Å². The number of benzene rings is 2. The Hall–Kier alpha value is -2.18. The van der Waals surface area contributed by atoms with E-state index >= 15 is 0 Å². The summed E-state index contributed by atoms with van der Waals surface area (Å²) in [6, 6.07) is 16.3. The Bertz CT molecular complexity index is 912. The quantitative estimate of drug-likeness (QED) is 0.859. The number of nitrogens with zero attached hydrogens (tertiary/aromatic N) is 1. The lowest BCUT2D eigenvalue weighted by Gasteiger charge is -2.38. The molecule has 3 rings (SSSR count). The number of sulfonamides is 1. The highest BCUT2D eigenvalue weighted by Crippen LogP contribution is 2.33. The summed E-state index contributed by atoms with van der Waals surface area (Å²) in [6.45, 7) is 4.96. The summed E-state index contributed by atoms with van der Waals surface area (Å²) in [6.07, 6.45) is 1.34. The number of aryl methyl sites for hydroxylation is 1. The van der Waals surface area contributed by atoms with E-state index in [0.717, 1.165) is 11.1 Å². The van der Waals surface area contributed by atoms with Crippen molar-refractivity contribution in [1.29, 1.82) is 0 Å². The number of piperidine rings is 1. The molecule has 1 N–H and O–H groups in total. The summed E-state index contributed by atoms with van der Waals surface area (Å²) in [4.78, 5) is 13.2. The Morgan fingerprint density at radius 1 is 1.11 bits per heavy atom. The Morgan fingerprint density at radius 2 is 1.78 bits per heavy atom. The number of nitrogens with one attached hydrogen (secondary N) is 1. The van der Waals surface area contributed by atoms with E-state index in [1.54, 1.807) is 30.3 Å². The van der Waals surface area contributed by atoms with Gasteiger partial charge in [-0.1, -0.05) is 42.5 Å². The van der Waals surface area contributed by atoms with Crippen LogP contribution in [0.15, 0.2) is 59.5 Å². The molecule has 1 heterocycles. The van der Waals surface area contributed by atoms with Gasteiger partial charge in [-0.2, -0.15) is 4.31 Å². The predicted octanol–water partition coefficient (Wildman–Crippen LogP) is 3.10. The maximum Gasteiger partial charge on any atom is 0.243 e. The smallest absolute Gasteiger partial charge is 0.243 e. The zero-order valence-electron chi connectivity index (χ0n) is 15.8. The second kappa shape index (κ2) is 7.82. The van der Waals surface area contributed by atoms with Gasteiger partial charge in [-0.15, -0.1) is 0 Å². The van der Waals surface area contributed by atoms with Crippen LogP contribution in [0.25, 0.3) is 0 Å². The first-order valence-electron chi connectivity index (χ1n) is 9.21. The van der Waals surface area contributed by atoms with Crippen molar-refractivity contribution in [2.75, 3.05) is 13.1 Å². The molecule has 0 bridgehead atoms. The molecule has 144 valence electrons. The van der Waals surface area contributed by atoms with E-state index in [4.69, 9.17) is 0 Å². The first-order chi connectivity index (χ1) is 12.8. The van der Waals surface area contributed by atoms with Crippen LogP contribution in [0.1, 0.15) is 30.9 Å². The number of amides is 1. The molecule has 1 fully saturated rings. The summed E-state index contributed by atoms with van der Waals surface area (Å²) in [5.74, 6) is -0.0984. The van der Waals surface area contributed by atoms with Gasteiger partial charge in [-0.05, 0) is 49.9 Å². The van der Waals surface area contributed by atoms with Crippen molar-refractivity contribution in [2.24, 2.45) is 5.41 Å². The van der Waals surface area contributed by atoms with E-state index < -0.39 is 15.4 Å². The van der Waals surface area contributed by atoms with Crippen molar-refractivity contribution in [3.63, 3.8) is 0 Å². The molecule has 27 heavy (non-hydrogen) atoms. The lowest BCUT2D eigenvalue weighted by atomic mass is 9.82. The fourth-order valence-corrected chi connectivity index (χ4v) is 5.15. The summed E-state index contributed by atoms with van der Waals surface area (Å²) in [7, 11) is -3.59. The third-order valence-electron chi connectivity index (χ3n) is 5.29. The van der Waals surface area contributed by atoms with Crippen molar-refractivity contribution in [3.05, 3.63) is 65.7 Å². The van der Waals surface area contributed by atoms with Gasteiger partial charge < -0.3 is 5.32 Å². The van der Waals surface area contributed by atoms with Crippen molar-refractivity contribution in [1.82, 2.24) is 9.62 Å². The SMILES string of the molecule is Cc1ccccc1CNC(=O)C1(C)CCCN(S(=O)(=O)c2ccccc2)C1. The molecule has 1 atom stereocenters. The van der Waals surface area contributed by atoms with E-state index in [2.05, 4.69) is 5.32 Å². The van der Waals surface area contributed by atoms with Gasteiger partial charge in [0.25, 0.3) is 0 Å². The second-order valence-electron chi connectivity index (χ2n) is 7.43. The van der Waals surface area contributed by atoms with Gasteiger partial charge in [0.15, 0.2) is 0 Å². The van der Waals surface area contributed by atoms with Gasteiger partial charge >= 0.3 is 0 Å². The molecule has 1 aliphatic heterocycles. The minimum Gasteiger partial charge on any atom is -0.352 e. The number of carbonyl (C=O) groups is 1. The molecule has 1 unspecified atom stereocenters. The van der Waals surface area contributed by atoms with Crippen molar-refractivity contribution < 1.29 is 13.2 Å². The van der Waals surface area contributed by atoms with Crippen LogP contribution in [0.3, 0.4) is 0 Å². The highest BCUT2D eigenvalue weighted by atomic mass is 32.2. The Balaban J connectivity index is 1.72. The predicted molar refractivity (Wildman–Crippen MR) is 106 cm³/mol. The standard InChI is InChI=1S/C21H26N2O3S/c1-17-9-6-7-10-18(17)15-22-20(24)21(2)13-8-14-23(16-21)27(25,26)19-11-4-3-5-12-19/h3-7,9-12H,8,13-16H2,1-2H3,(H,22,24). The van der Waals surface area contributed by atoms with E-state index in [-0.39, 0.29) is 17.3 Å². The normalized spacial score (nSPS) is 21.0. The fraction of sp³-hybridized carbons (Fsp3) is 0.381. The van der Waals surface area contributed by atoms with Crippen LogP contribution in [0.4, 0.5) is 0 Å². The third kappa shape index (κ3) is 4.22. The highest BCUT2D eigenvalue weighted by molar-refractivity contribution is 7.89. The van der Waals surface area contributed by atoms with Crippen LogP contribution in [-0.2, 0) is 21.4 Å². The molecule has 0 radical (unpaired) electrons. The minimum absolute atomic E-state index is 0.0984. The monoisotopic (exact) mass is 386 g/mol. The molecular weight excluding hydrogens is 360 g/mol. The fourth-order valence-electron chi connectivity index (χ4n) is 3.52. The van der Waals surface area contributed by atoms with Crippen LogP contribution in [-0.4, -0.2) is 31.7 Å². The van der Waals surface area contributed by atoms with E-state index in [9.17, 15) is 13.2 Å². The maximum atomic E-state index is 12.9. The molecule has 0 aliphatic carbocycles. The van der Waals surface area contributed by atoms with Crippen molar-refractivity contribution in [2.45, 2.75) is 38.1 Å². The zero-order valence-corrected chi connectivity index (χ0v) is 16.6. The zero-order chi connectivity index (χ0) is 19.5. The number of hydrogen-bond donors (Lipinski definition) is 1. The maximum absolute atomic E-state index is 12.9.